The number of rotatable bonds is 4. The molecule has 1 aromatic heterocycles. The largest absolute Gasteiger partial charge is 0.492 e. The fourth-order valence-electron chi connectivity index (χ4n) is 2.96. The number of aromatic hydroxyl groups is 1. The van der Waals surface area contributed by atoms with Crippen molar-refractivity contribution in [2.24, 2.45) is 0 Å². The number of hydrogen-bond donors (Lipinski definition) is 3. The van der Waals surface area contributed by atoms with Crippen LogP contribution < -0.4 is 10.6 Å². The first kappa shape index (κ1) is 16.7. The van der Waals surface area contributed by atoms with E-state index in [0.29, 0.717) is 12.2 Å². The average Bonchev–Trinajstić information content (AvgIpc) is 3.08. The van der Waals surface area contributed by atoms with Crippen molar-refractivity contribution < 1.29 is 9.90 Å². The second-order valence-corrected chi connectivity index (χ2v) is 6.21. The molecule has 0 aliphatic heterocycles. The van der Waals surface area contributed by atoms with E-state index in [1.54, 1.807) is 17.1 Å². The van der Waals surface area contributed by atoms with Crippen molar-refractivity contribution in [1.82, 2.24) is 9.55 Å². The van der Waals surface area contributed by atoms with Gasteiger partial charge in [0, 0.05) is 17.6 Å². The monoisotopic (exact) mass is 358 g/mol. The normalized spacial score (nSPS) is 10.7. The van der Waals surface area contributed by atoms with Crippen molar-refractivity contribution in [1.29, 1.82) is 0 Å². The quantitative estimate of drug-likeness (QED) is 0.505. The van der Waals surface area contributed by atoms with Gasteiger partial charge < -0.3 is 20.3 Å². The third-order valence-corrected chi connectivity index (χ3v) is 4.23. The van der Waals surface area contributed by atoms with E-state index >= 15 is 0 Å². The molecule has 27 heavy (non-hydrogen) atoms. The fourth-order valence-corrected chi connectivity index (χ4v) is 2.96. The summed E-state index contributed by atoms with van der Waals surface area (Å²) in [5.41, 5.74) is 2.50. The van der Waals surface area contributed by atoms with Crippen molar-refractivity contribution >= 4 is 28.2 Å². The van der Waals surface area contributed by atoms with Crippen molar-refractivity contribution in [3.05, 3.63) is 84.8 Å². The van der Waals surface area contributed by atoms with Gasteiger partial charge in [0.15, 0.2) is 0 Å². The Morgan fingerprint density at radius 1 is 0.963 bits per heavy atom. The molecule has 0 unspecified atom stereocenters. The smallest absolute Gasteiger partial charge is 0.323 e. The molecule has 6 heteroatoms. The standard InChI is InChI=1S/C21H18N4O2/c26-20-13-25(14-22-20)12-15-8-10-17(11-9-15)23-21(27)24-19-7-3-5-16-4-1-2-6-18(16)19/h1-11,13-14,26H,12H2,(H2,23,24,27). The Labute approximate surface area is 156 Å². The van der Waals surface area contributed by atoms with Crippen LogP contribution in [0.1, 0.15) is 5.56 Å². The Kier molecular flexibility index (Phi) is 4.45. The van der Waals surface area contributed by atoms with Gasteiger partial charge in [0.2, 0.25) is 5.88 Å². The number of anilines is 2. The summed E-state index contributed by atoms with van der Waals surface area (Å²) < 4.78 is 1.78. The highest BCUT2D eigenvalue weighted by Crippen LogP contribution is 2.23. The molecule has 0 atom stereocenters. The zero-order valence-electron chi connectivity index (χ0n) is 14.5. The molecule has 0 saturated carbocycles. The van der Waals surface area contributed by atoms with Gasteiger partial charge in [-0.2, -0.15) is 0 Å². The highest BCUT2D eigenvalue weighted by atomic mass is 16.3. The molecule has 0 saturated heterocycles. The first-order valence-corrected chi connectivity index (χ1v) is 8.53. The number of benzene rings is 3. The van der Waals surface area contributed by atoms with Crippen LogP contribution in [0.15, 0.2) is 79.3 Å². The SMILES string of the molecule is O=C(Nc1ccc(Cn2cnc(O)c2)cc1)Nc1cccc2ccccc12. The van der Waals surface area contributed by atoms with Crippen LogP contribution in [-0.2, 0) is 6.54 Å². The lowest BCUT2D eigenvalue weighted by Gasteiger charge is -2.11. The summed E-state index contributed by atoms with van der Waals surface area (Å²) >= 11 is 0. The molecule has 0 bridgehead atoms. The number of urea groups is 1. The van der Waals surface area contributed by atoms with E-state index in [1.807, 2.05) is 66.7 Å². The third kappa shape index (κ3) is 3.90. The van der Waals surface area contributed by atoms with E-state index < -0.39 is 0 Å². The van der Waals surface area contributed by atoms with Gasteiger partial charge in [0.1, 0.15) is 0 Å². The predicted octanol–water partition coefficient (Wildman–Crippen LogP) is 4.43. The number of carbonyl (C=O) groups is 1. The van der Waals surface area contributed by atoms with Crippen molar-refractivity contribution in [3.8, 4) is 5.88 Å². The molecule has 0 radical (unpaired) electrons. The topological polar surface area (TPSA) is 79.2 Å². The summed E-state index contributed by atoms with van der Waals surface area (Å²) in [7, 11) is 0. The van der Waals surface area contributed by atoms with Crippen LogP contribution in [0.4, 0.5) is 16.2 Å². The molecule has 3 N–H and O–H groups in total. The van der Waals surface area contributed by atoms with Gasteiger partial charge in [-0.25, -0.2) is 9.78 Å². The van der Waals surface area contributed by atoms with E-state index in [0.717, 1.165) is 22.0 Å². The van der Waals surface area contributed by atoms with E-state index in [4.69, 9.17) is 0 Å². The lowest BCUT2D eigenvalue weighted by Crippen LogP contribution is -2.19. The summed E-state index contributed by atoms with van der Waals surface area (Å²) in [6, 6.07) is 21.0. The number of fused-ring (bicyclic) bond motifs is 1. The minimum atomic E-state index is -0.293. The Bertz CT molecular complexity index is 1080. The minimum absolute atomic E-state index is 0.00149. The first-order chi connectivity index (χ1) is 13.2. The second-order valence-electron chi connectivity index (χ2n) is 6.21. The van der Waals surface area contributed by atoms with Crippen LogP contribution in [0, 0.1) is 0 Å². The Morgan fingerprint density at radius 3 is 2.52 bits per heavy atom. The van der Waals surface area contributed by atoms with E-state index in [1.165, 1.54) is 0 Å². The van der Waals surface area contributed by atoms with Crippen LogP contribution in [0.5, 0.6) is 5.88 Å². The number of amides is 2. The zero-order valence-corrected chi connectivity index (χ0v) is 14.5. The van der Waals surface area contributed by atoms with Gasteiger partial charge in [-0.05, 0) is 29.1 Å². The number of imidazole rings is 1. The molecule has 0 aliphatic carbocycles. The molecule has 4 aromatic rings. The maximum Gasteiger partial charge on any atom is 0.323 e. The van der Waals surface area contributed by atoms with E-state index in [-0.39, 0.29) is 11.9 Å². The lowest BCUT2D eigenvalue weighted by molar-refractivity contribution is 0.262. The second kappa shape index (κ2) is 7.21. The number of nitrogens with one attached hydrogen (secondary N) is 2. The Balaban J connectivity index is 1.42. The summed E-state index contributed by atoms with van der Waals surface area (Å²) in [6.45, 7) is 0.593. The maximum atomic E-state index is 12.3. The highest BCUT2D eigenvalue weighted by Gasteiger charge is 2.06. The predicted molar refractivity (Wildman–Crippen MR) is 106 cm³/mol. The van der Waals surface area contributed by atoms with E-state index in [2.05, 4.69) is 15.6 Å². The van der Waals surface area contributed by atoms with Crippen LogP contribution in [0.3, 0.4) is 0 Å². The van der Waals surface area contributed by atoms with Gasteiger partial charge in [0.05, 0.1) is 18.2 Å². The van der Waals surface area contributed by atoms with Gasteiger partial charge in [-0.3, -0.25) is 0 Å². The van der Waals surface area contributed by atoms with Crippen LogP contribution >= 0.6 is 0 Å². The molecule has 0 fully saturated rings. The summed E-state index contributed by atoms with van der Waals surface area (Å²) in [6.07, 6.45) is 3.13. The van der Waals surface area contributed by atoms with Gasteiger partial charge in [0.25, 0.3) is 0 Å². The van der Waals surface area contributed by atoms with E-state index in [9.17, 15) is 9.90 Å². The lowest BCUT2D eigenvalue weighted by atomic mass is 10.1. The number of carbonyl (C=O) groups excluding carboxylic acids is 1. The molecule has 2 amide bonds. The molecule has 6 nitrogen and oxygen atoms in total. The zero-order chi connectivity index (χ0) is 18.6. The number of hydrogen-bond acceptors (Lipinski definition) is 3. The van der Waals surface area contributed by atoms with Crippen LogP contribution in [-0.4, -0.2) is 20.7 Å². The highest BCUT2D eigenvalue weighted by molar-refractivity contribution is 6.06. The minimum Gasteiger partial charge on any atom is -0.492 e. The van der Waals surface area contributed by atoms with Crippen LogP contribution in [0.2, 0.25) is 0 Å². The number of aromatic nitrogens is 2. The van der Waals surface area contributed by atoms with Crippen molar-refractivity contribution in [3.63, 3.8) is 0 Å². The number of nitrogens with zero attached hydrogens (tertiary/aromatic N) is 2. The molecule has 0 aliphatic rings. The average molecular weight is 358 g/mol. The molecular weight excluding hydrogens is 340 g/mol. The van der Waals surface area contributed by atoms with Crippen molar-refractivity contribution in [2.45, 2.75) is 6.54 Å². The molecular formula is C21H18N4O2. The Morgan fingerprint density at radius 2 is 1.74 bits per heavy atom. The molecule has 4 rings (SSSR count). The summed E-state index contributed by atoms with van der Waals surface area (Å²) in [5.74, 6) is -0.00149. The molecule has 0 spiro atoms. The Hall–Kier alpha value is -3.80. The third-order valence-electron chi connectivity index (χ3n) is 4.23. The maximum absolute atomic E-state index is 12.3. The molecule has 134 valence electrons. The van der Waals surface area contributed by atoms with Gasteiger partial charge >= 0.3 is 6.03 Å². The van der Waals surface area contributed by atoms with Gasteiger partial charge in [-0.15, -0.1) is 0 Å². The molecule has 1 heterocycles. The summed E-state index contributed by atoms with van der Waals surface area (Å²) in [4.78, 5) is 16.1. The van der Waals surface area contributed by atoms with Crippen molar-refractivity contribution in [2.75, 3.05) is 10.6 Å². The fraction of sp³-hybridized carbons (Fsp3) is 0.0476. The van der Waals surface area contributed by atoms with Gasteiger partial charge in [-0.1, -0.05) is 48.5 Å². The molecule has 3 aromatic carbocycles. The van der Waals surface area contributed by atoms with Crippen LogP contribution in [0.25, 0.3) is 10.8 Å². The first-order valence-electron chi connectivity index (χ1n) is 8.53. The summed E-state index contributed by atoms with van der Waals surface area (Å²) in [5, 5.41) is 17.1.